The molecule has 0 fully saturated rings. The molecule has 5 nitrogen and oxygen atoms in total. The maximum atomic E-state index is 5.14. The quantitative estimate of drug-likeness (QED) is 0.688. The van der Waals surface area contributed by atoms with E-state index in [1.807, 2.05) is 41.8 Å². The molecule has 0 N–H and O–H groups in total. The molecule has 0 bridgehead atoms. The second-order valence-corrected chi connectivity index (χ2v) is 3.95. The summed E-state index contributed by atoms with van der Waals surface area (Å²) in [6.07, 6.45) is 3.61. The van der Waals surface area contributed by atoms with Crippen molar-refractivity contribution >= 4 is 5.65 Å². The number of hydrogen-bond acceptors (Lipinski definition) is 4. The number of methoxy groups -OCH3 is 1. The van der Waals surface area contributed by atoms with Gasteiger partial charge >= 0.3 is 0 Å². The number of rotatable bonds is 2. The van der Waals surface area contributed by atoms with Crippen LogP contribution in [0.1, 0.15) is 5.82 Å². The minimum atomic E-state index is 0.764. The van der Waals surface area contributed by atoms with Crippen molar-refractivity contribution in [2.75, 3.05) is 7.11 Å². The second-order valence-electron chi connectivity index (χ2n) is 3.95. The highest BCUT2D eigenvalue weighted by molar-refractivity contribution is 5.73. The van der Waals surface area contributed by atoms with Gasteiger partial charge in [0.1, 0.15) is 17.3 Å². The molecule has 0 unspecified atom stereocenters. The van der Waals surface area contributed by atoms with E-state index in [1.165, 1.54) is 0 Å². The largest absolute Gasteiger partial charge is 0.497 e. The number of fused-ring (bicyclic) bond motifs is 1. The average Bonchev–Trinajstić information content (AvgIpc) is 2.81. The van der Waals surface area contributed by atoms with Crippen molar-refractivity contribution in [1.82, 2.24) is 19.6 Å². The van der Waals surface area contributed by atoms with Crippen LogP contribution in [0.25, 0.3) is 16.9 Å². The lowest BCUT2D eigenvalue weighted by molar-refractivity contribution is 0.415. The molecule has 1 aromatic carbocycles. The third-order valence-electron chi connectivity index (χ3n) is 2.86. The van der Waals surface area contributed by atoms with Crippen LogP contribution in [-0.4, -0.2) is 26.7 Å². The third kappa shape index (κ3) is 1.60. The Kier molecular flexibility index (Phi) is 2.44. The van der Waals surface area contributed by atoms with Gasteiger partial charge in [0.15, 0.2) is 5.65 Å². The summed E-state index contributed by atoms with van der Waals surface area (Å²) in [5.74, 6) is 1.67. The van der Waals surface area contributed by atoms with E-state index in [4.69, 9.17) is 4.74 Å². The summed E-state index contributed by atoms with van der Waals surface area (Å²) < 4.78 is 7.07. The molecule has 3 rings (SSSR count). The monoisotopic (exact) mass is 240 g/mol. The first-order chi connectivity index (χ1) is 8.79. The maximum absolute atomic E-state index is 5.14. The first-order valence-electron chi connectivity index (χ1n) is 5.60. The zero-order valence-corrected chi connectivity index (χ0v) is 10.2. The zero-order valence-electron chi connectivity index (χ0n) is 10.2. The van der Waals surface area contributed by atoms with Gasteiger partial charge in [-0.2, -0.15) is 0 Å². The van der Waals surface area contributed by atoms with Crippen LogP contribution in [0.15, 0.2) is 36.7 Å². The van der Waals surface area contributed by atoms with Gasteiger partial charge in [0.25, 0.3) is 0 Å². The van der Waals surface area contributed by atoms with E-state index < -0.39 is 0 Å². The van der Waals surface area contributed by atoms with Crippen LogP contribution in [0, 0.1) is 6.92 Å². The van der Waals surface area contributed by atoms with E-state index >= 15 is 0 Å². The Hall–Kier alpha value is -2.43. The summed E-state index contributed by atoms with van der Waals surface area (Å²) in [6.45, 7) is 1.91. The minimum Gasteiger partial charge on any atom is -0.497 e. The van der Waals surface area contributed by atoms with Crippen LogP contribution < -0.4 is 4.74 Å². The van der Waals surface area contributed by atoms with Gasteiger partial charge in [-0.15, -0.1) is 10.2 Å². The maximum Gasteiger partial charge on any atom is 0.187 e. The molecule has 2 aromatic heterocycles. The molecule has 0 aliphatic heterocycles. The molecular weight excluding hydrogens is 228 g/mol. The Labute approximate surface area is 104 Å². The Morgan fingerprint density at radius 2 is 1.89 bits per heavy atom. The second kappa shape index (κ2) is 4.10. The fraction of sp³-hybridized carbons (Fsp3) is 0.154. The first kappa shape index (κ1) is 10.7. The Balaban J connectivity index is 2.18. The predicted octanol–water partition coefficient (Wildman–Crippen LogP) is 2.11. The van der Waals surface area contributed by atoms with Crippen molar-refractivity contribution in [3.63, 3.8) is 0 Å². The SMILES string of the molecule is COc1ccc(-c2nccn3c(C)nnc23)cc1. The van der Waals surface area contributed by atoms with Crippen LogP contribution in [-0.2, 0) is 0 Å². The van der Waals surface area contributed by atoms with Crippen molar-refractivity contribution in [2.45, 2.75) is 6.92 Å². The first-order valence-corrected chi connectivity index (χ1v) is 5.60. The van der Waals surface area contributed by atoms with Gasteiger partial charge in [0, 0.05) is 18.0 Å². The van der Waals surface area contributed by atoms with E-state index in [2.05, 4.69) is 15.2 Å². The van der Waals surface area contributed by atoms with Crippen LogP contribution in [0.4, 0.5) is 0 Å². The lowest BCUT2D eigenvalue weighted by Crippen LogP contribution is -1.93. The number of benzene rings is 1. The van der Waals surface area contributed by atoms with Crippen molar-refractivity contribution in [1.29, 1.82) is 0 Å². The molecule has 0 aliphatic carbocycles. The molecule has 18 heavy (non-hydrogen) atoms. The number of nitrogens with zero attached hydrogens (tertiary/aromatic N) is 4. The molecule has 0 amide bonds. The topological polar surface area (TPSA) is 52.3 Å². The standard InChI is InChI=1S/C13H12N4O/c1-9-15-16-13-12(14-7-8-17(9)13)10-3-5-11(18-2)6-4-10/h3-8H,1-2H3. The molecule has 3 aromatic rings. The van der Waals surface area contributed by atoms with Crippen LogP contribution >= 0.6 is 0 Å². The molecule has 0 atom stereocenters. The predicted molar refractivity (Wildman–Crippen MR) is 67.5 cm³/mol. The van der Waals surface area contributed by atoms with Gasteiger partial charge in [-0.25, -0.2) is 0 Å². The van der Waals surface area contributed by atoms with Gasteiger partial charge in [0.2, 0.25) is 0 Å². The van der Waals surface area contributed by atoms with Crippen molar-refractivity contribution in [2.24, 2.45) is 0 Å². The zero-order chi connectivity index (χ0) is 12.5. The normalized spacial score (nSPS) is 10.8. The van der Waals surface area contributed by atoms with Gasteiger partial charge < -0.3 is 4.74 Å². The van der Waals surface area contributed by atoms with Crippen molar-refractivity contribution in [3.05, 3.63) is 42.5 Å². The smallest absolute Gasteiger partial charge is 0.187 e. The lowest BCUT2D eigenvalue weighted by atomic mass is 10.1. The Bertz CT molecular complexity index is 688. The highest BCUT2D eigenvalue weighted by Crippen LogP contribution is 2.23. The number of aryl methyl sites for hydroxylation is 1. The summed E-state index contributed by atoms with van der Waals surface area (Å²) in [7, 11) is 1.65. The molecule has 2 heterocycles. The fourth-order valence-corrected chi connectivity index (χ4v) is 1.89. The Morgan fingerprint density at radius 3 is 2.61 bits per heavy atom. The van der Waals surface area contributed by atoms with E-state index in [0.717, 1.165) is 28.5 Å². The molecule has 0 aliphatic rings. The number of aromatic nitrogens is 4. The van der Waals surface area contributed by atoms with Gasteiger partial charge in [0.05, 0.1) is 7.11 Å². The molecule has 0 spiro atoms. The number of hydrogen-bond donors (Lipinski definition) is 0. The summed E-state index contributed by atoms with van der Waals surface area (Å²) in [5.41, 5.74) is 2.58. The van der Waals surface area contributed by atoms with Gasteiger partial charge in [-0.3, -0.25) is 9.38 Å². The third-order valence-corrected chi connectivity index (χ3v) is 2.86. The fourth-order valence-electron chi connectivity index (χ4n) is 1.89. The highest BCUT2D eigenvalue weighted by atomic mass is 16.5. The van der Waals surface area contributed by atoms with Crippen LogP contribution in [0.2, 0.25) is 0 Å². The number of ether oxygens (including phenoxy) is 1. The molecule has 90 valence electrons. The summed E-state index contributed by atoms with van der Waals surface area (Å²) >= 11 is 0. The molecule has 0 radical (unpaired) electrons. The molecular formula is C13H12N4O. The summed E-state index contributed by atoms with van der Waals surface area (Å²) in [5, 5.41) is 8.22. The lowest BCUT2D eigenvalue weighted by Gasteiger charge is -2.04. The van der Waals surface area contributed by atoms with Gasteiger partial charge in [-0.1, -0.05) is 0 Å². The highest BCUT2D eigenvalue weighted by Gasteiger charge is 2.09. The minimum absolute atomic E-state index is 0.764. The van der Waals surface area contributed by atoms with Crippen molar-refractivity contribution < 1.29 is 4.74 Å². The van der Waals surface area contributed by atoms with Gasteiger partial charge in [-0.05, 0) is 31.2 Å². The van der Waals surface area contributed by atoms with Crippen LogP contribution in [0.3, 0.4) is 0 Å². The molecule has 0 saturated carbocycles. The average molecular weight is 240 g/mol. The van der Waals surface area contributed by atoms with E-state index in [9.17, 15) is 0 Å². The molecule has 5 heteroatoms. The van der Waals surface area contributed by atoms with E-state index in [0.29, 0.717) is 0 Å². The summed E-state index contributed by atoms with van der Waals surface area (Å²) in [4.78, 5) is 4.38. The van der Waals surface area contributed by atoms with E-state index in [-0.39, 0.29) is 0 Å². The van der Waals surface area contributed by atoms with Crippen LogP contribution in [0.5, 0.6) is 5.75 Å². The Morgan fingerprint density at radius 1 is 1.11 bits per heavy atom. The van der Waals surface area contributed by atoms with Crippen molar-refractivity contribution in [3.8, 4) is 17.0 Å². The summed E-state index contributed by atoms with van der Waals surface area (Å²) in [6, 6.07) is 7.74. The van der Waals surface area contributed by atoms with E-state index in [1.54, 1.807) is 13.3 Å². The molecule has 0 saturated heterocycles.